The standard InChI is InChI=1S/C36H41Cl2N3O4S/c1-39-35(43)33(18-24-6-4-3-5-7-24)40(22-25-8-13-31(37)32(38)17-25)34(42)23-41(46(2,44)45)30-11-9-29(10-12-30)36-19-26-14-27(20-36)16-28(15-26)21-36/h3-13,17,26-28,33H,14-16,18-23H2,1-2H3,(H,39,43)/t26?,27?,28?,33-,36?/m0/s1. The van der Waals surface area contributed by atoms with Crippen LogP contribution in [0.4, 0.5) is 5.69 Å². The molecule has 4 aliphatic carbocycles. The SMILES string of the molecule is CNC(=O)[C@H](Cc1ccccc1)N(Cc1ccc(Cl)c(Cl)c1)C(=O)CN(c1ccc(C23CC4CC(CC(C4)C2)C3)cc1)S(C)(=O)=O. The highest BCUT2D eigenvalue weighted by Gasteiger charge is 2.51. The van der Waals surface area contributed by atoms with Crippen molar-refractivity contribution in [1.29, 1.82) is 0 Å². The summed E-state index contributed by atoms with van der Waals surface area (Å²) in [4.78, 5) is 29.0. The monoisotopic (exact) mass is 681 g/mol. The summed E-state index contributed by atoms with van der Waals surface area (Å²) >= 11 is 12.5. The number of likely N-dealkylation sites (N-methyl/N-ethyl adjacent to an activating group) is 1. The van der Waals surface area contributed by atoms with Crippen molar-refractivity contribution in [2.75, 3.05) is 24.2 Å². The number of nitrogens with one attached hydrogen (secondary N) is 1. The first-order valence-electron chi connectivity index (χ1n) is 16.0. The van der Waals surface area contributed by atoms with Crippen LogP contribution in [0.5, 0.6) is 0 Å². The van der Waals surface area contributed by atoms with E-state index >= 15 is 0 Å². The van der Waals surface area contributed by atoms with Gasteiger partial charge in [-0.2, -0.15) is 0 Å². The van der Waals surface area contributed by atoms with E-state index in [-0.39, 0.29) is 24.3 Å². The lowest BCUT2D eigenvalue weighted by Gasteiger charge is -2.57. The number of rotatable bonds is 11. The van der Waals surface area contributed by atoms with Crippen LogP contribution in [0.2, 0.25) is 10.0 Å². The van der Waals surface area contributed by atoms with E-state index in [0.29, 0.717) is 21.3 Å². The number of halogens is 2. The van der Waals surface area contributed by atoms with Crippen molar-refractivity contribution in [1.82, 2.24) is 10.2 Å². The second-order valence-electron chi connectivity index (χ2n) is 13.6. The predicted molar refractivity (Wildman–Crippen MR) is 183 cm³/mol. The number of hydrogen-bond acceptors (Lipinski definition) is 4. The maximum absolute atomic E-state index is 14.3. The zero-order chi connectivity index (χ0) is 32.6. The van der Waals surface area contributed by atoms with Gasteiger partial charge in [0, 0.05) is 20.0 Å². The Bertz CT molecular complexity index is 1660. The van der Waals surface area contributed by atoms with Gasteiger partial charge in [-0.05, 0) is 103 Å². The number of hydrogen-bond donors (Lipinski definition) is 1. The Kier molecular flexibility index (Phi) is 9.43. The summed E-state index contributed by atoms with van der Waals surface area (Å²) in [5, 5.41) is 3.38. The molecule has 4 bridgehead atoms. The third kappa shape index (κ3) is 6.95. The highest BCUT2D eigenvalue weighted by Crippen LogP contribution is 2.60. The van der Waals surface area contributed by atoms with Gasteiger partial charge in [-0.15, -0.1) is 0 Å². The number of carbonyl (C=O) groups is 2. The molecule has 7 nitrogen and oxygen atoms in total. The summed E-state index contributed by atoms with van der Waals surface area (Å²) in [6, 6.07) is 21.4. The van der Waals surface area contributed by atoms with Gasteiger partial charge in [0.05, 0.1) is 22.0 Å². The minimum absolute atomic E-state index is 0.0310. The Morgan fingerprint density at radius 3 is 2.02 bits per heavy atom. The van der Waals surface area contributed by atoms with E-state index < -0.39 is 28.5 Å². The van der Waals surface area contributed by atoms with E-state index in [4.69, 9.17) is 23.2 Å². The molecule has 0 radical (unpaired) electrons. The van der Waals surface area contributed by atoms with Gasteiger partial charge < -0.3 is 10.2 Å². The van der Waals surface area contributed by atoms with E-state index in [1.807, 2.05) is 42.5 Å². The van der Waals surface area contributed by atoms with Crippen molar-refractivity contribution in [2.45, 2.75) is 62.9 Å². The van der Waals surface area contributed by atoms with Crippen molar-refractivity contribution >= 4 is 50.7 Å². The van der Waals surface area contributed by atoms with E-state index in [1.54, 1.807) is 18.2 Å². The maximum Gasteiger partial charge on any atom is 0.244 e. The van der Waals surface area contributed by atoms with Crippen LogP contribution in [0.25, 0.3) is 0 Å². The van der Waals surface area contributed by atoms with Gasteiger partial charge in [-0.1, -0.05) is 71.7 Å². The molecule has 7 rings (SSSR count). The van der Waals surface area contributed by atoms with Crippen molar-refractivity contribution in [3.05, 3.63) is 99.5 Å². The highest BCUT2D eigenvalue weighted by molar-refractivity contribution is 7.92. The summed E-state index contributed by atoms with van der Waals surface area (Å²) in [6.45, 7) is -0.428. The maximum atomic E-state index is 14.3. The van der Waals surface area contributed by atoms with Gasteiger partial charge in [-0.3, -0.25) is 13.9 Å². The normalized spacial score (nSPS) is 24.0. The number of carbonyl (C=O) groups excluding carboxylic acids is 2. The molecule has 0 heterocycles. The molecule has 244 valence electrons. The second-order valence-corrected chi connectivity index (χ2v) is 16.3. The highest BCUT2D eigenvalue weighted by atomic mass is 35.5. The molecule has 0 saturated heterocycles. The van der Waals surface area contributed by atoms with E-state index in [0.717, 1.165) is 33.9 Å². The molecular formula is C36H41Cl2N3O4S. The van der Waals surface area contributed by atoms with Crippen LogP contribution in [-0.4, -0.2) is 51.0 Å². The second kappa shape index (κ2) is 13.2. The first-order chi connectivity index (χ1) is 21.9. The Labute approximate surface area is 282 Å². The molecule has 4 saturated carbocycles. The van der Waals surface area contributed by atoms with Crippen molar-refractivity contribution in [2.24, 2.45) is 17.8 Å². The Morgan fingerprint density at radius 2 is 1.48 bits per heavy atom. The summed E-state index contributed by atoms with van der Waals surface area (Å²) in [5.41, 5.74) is 3.41. The Hall–Kier alpha value is -3.07. The lowest BCUT2D eigenvalue weighted by Crippen LogP contribution is -2.52. The minimum Gasteiger partial charge on any atom is -0.357 e. The number of benzene rings is 3. The molecule has 3 aromatic carbocycles. The third-order valence-corrected chi connectivity index (χ3v) is 12.2. The number of sulfonamides is 1. The van der Waals surface area contributed by atoms with E-state index in [9.17, 15) is 18.0 Å². The van der Waals surface area contributed by atoms with Gasteiger partial charge in [0.25, 0.3) is 0 Å². The Balaban J connectivity index is 1.30. The van der Waals surface area contributed by atoms with Crippen LogP contribution in [0.3, 0.4) is 0 Å². The first kappa shape index (κ1) is 32.9. The average Bonchev–Trinajstić information content (AvgIpc) is 3.02. The van der Waals surface area contributed by atoms with Gasteiger partial charge >= 0.3 is 0 Å². The lowest BCUT2D eigenvalue weighted by atomic mass is 9.48. The molecule has 1 atom stereocenters. The van der Waals surface area contributed by atoms with Gasteiger partial charge in [0.1, 0.15) is 12.6 Å². The number of anilines is 1. The van der Waals surface area contributed by atoms with Crippen molar-refractivity contribution in [3.63, 3.8) is 0 Å². The van der Waals surface area contributed by atoms with E-state index in [1.165, 1.54) is 56.0 Å². The largest absolute Gasteiger partial charge is 0.357 e. The summed E-state index contributed by atoms with van der Waals surface area (Å²) < 4.78 is 27.6. The van der Waals surface area contributed by atoms with Crippen LogP contribution in [0.15, 0.2) is 72.8 Å². The van der Waals surface area contributed by atoms with Gasteiger partial charge in [-0.25, -0.2) is 8.42 Å². The Morgan fingerprint density at radius 1 is 0.870 bits per heavy atom. The fourth-order valence-corrected chi connectivity index (χ4v) is 9.78. The minimum atomic E-state index is -3.85. The van der Waals surface area contributed by atoms with Crippen molar-refractivity contribution < 1.29 is 18.0 Å². The van der Waals surface area contributed by atoms with Crippen LogP contribution >= 0.6 is 23.2 Å². The van der Waals surface area contributed by atoms with Crippen LogP contribution in [-0.2, 0) is 38.0 Å². The zero-order valence-electron chi connectivity index (χ0n) is 26.3. The van der Waals surface area contributed by atoms with Gasteiger partial charge in [0.15, 0.2) is 0 Å². The number of amides is 2. The van der Waals surface area contributed by atoms with Crippen LogP contribution in [0, 0.1) is 17.8 Å². The predicted octanol–water partition coefficient (Wildman–Crippen LogP) is 6.61. The molecule has 10 heteroatoms. The smallest absolute Gasteiger partial charge is 0.244 e. The molecular weight excluding hydrogens is 641 g/mol. The topological polar surface area (TPSA) is 86.8 Å². The molecule has 2 amide bonds. The summed E-state index contributed by atoms with van der Waals surface area (Å²) in [7, 11) is -2.33. The molecule has 46 heavy (non-hydrogen) atoms. The number of nitrogens with zero attached hydrogens (tertiary/aromatic N) is 2. The molecule has 1 N–H and O–H groups in total. The van der Waals surface area contributed by atoms with Crippen LogP contribution < -0.4 is 9.62 Å². The lowest BCUT2D eigenvalue weighted by molar-refractivity contribution is -0.139. The van der Waals surface area contributed by atoms with E-state index in [2.05, 4.69) is 17.4 Å². The van der Waals surface area contributed by atoms with Crippen LogP contribution in [0.1, 0.15) is 55.2 Å². The fourth-order valence-electron chi connectivity index (χ4n) is 8.61. The summed E-state index contributed by atoms with van der Waals surface area (Å²) in [6.07, 6.45) is 9.02. The zero-order valence-corrected chi connectivity index (χ0v) is 28.6. The quantitative estimate of drug-likeness (QED) is 0.247. The molecule has 0 aromatic heterocycles. The molecule has 0 aliphatic heterocycles. The molecule has 4 fully saturated rings. The molecule has 4 aliphatic rings. The molecule has 0 unspecified atom stereocenters. The fraction of sp³-hybridized carbons (Fsp3) is 0.444. The molecule has 3 aromatic rings. The average molecular weight is 683 g/mol. The van der Waals surface area contributed by atoms with Crippen molar-refractivity contribution in [3.8, 4) is 0 Å². The third-order valence-electron chi connectivity index (χ3n) is 10.3. The summed E-state index contributed by atoms with van der Waals surface area (Å²) in [5.74, 6) is 1.51. The van der Waals surface area contributed by atoms with Gasteiger partial charge in [0.2, 0.25) is 21.8 Å². The molecule has 0 spiro atoms. The first-order valence-corrected chi connectivity index (χ1v) is 18.6.